The van der Waals surface area contributed by atoms with Crippen LogP contribution in [0.2, 0.25) is 0 Å². The largest absolute Gasteiger partial charge is 0.507 e. The molecule has 0 aliphatic heterocycles. The molecule has 0 aliphatic carbocycles. The number of aromatic hydroxyl groups is 1. The summed E-state index contributed by atoms with van der Waals surface area (Å²) in [5.41, 5.74) is 1.61. The highest BCUT2D eigenvalue weighted by Crippen LogP contribution is 2.34. The fourth-order valence-electron chi connectivity index (χ4n) is 2.34. The molecule has 2 aromatic rings. The second-order valence-electron chi connectivity index (χ2n) is 4.92. The van der Waals surface area contributed by atoms with Gasteiger partial charge in [0.15, 0.2) is 0 Å². The van der Waals surface area contributed by atoms with Crippen LogP contribution in [-0.2, 0) is 12.6 Å². The van der Waals surface area contributed by atoms with Gasteiger partial charge in [-0.25, -0.2) is 0 Å². The summed E-state index contributed by atoms with van der Waals surface area (Å²) in [6.07, 6.45) is -4.32. The standard InChI is InChI=1S/C16H15F3O/c1-10-7-11(2)15(20)13(8-10)9-12-5-3-4-6-14(12)16(17,18)19/h3-8,20H,9H2,1-2H3. The maximum atomic E-state index is 12.9. The molecule has 0 saturated heterocycles. The summed E-state index contributed by atoms with van der Waals surface area (Å²) in [6.45, 7) is 3.59. The third-order valence-electron chi connectivity index (χ3n) is 3.23. The molecule has 0 aromatic heterocycles. The Morgan fingerprint density at radius 2 is 1.65 bits per heavy atom. The number of phenols is 1. The molecule has 0 heterocycles. The number of phenolic OH excluding ortho intramolecular Hbond substituents is 1. The highest BCUT2D eigenvalue weighted by atomic mass is 19.4. The van der Waals surface area contributed by atoms with Gasteiger partial charge >= 0.3 is 6.18 Å². The van der Waals surface area contributed by atoms with Gasteiger partial charge in [-0.3, -0.25) is 0 Å². The van der Waals surface area contributed by atoms with Crippen LogP contribution in [0.4, 0.5) is 13.2 Å². The molecule has 0 saturated carbocycles. The lowest BCUT2D eigenvalue weighted by molar-refractivity contribution is -0.138. The van der Waals surface area contributed by atoms with E-state index in [0.717, 1.165) is 11.6 Å². The van der Waals surface area contributed by atoms with Crippen molar-refractivity contribution in [1.29, 1.82) is 0 Å². The Labute approximate surface area is 115 Å². The van der Waals surface area contributed by atoms with Crippen LogP contribution in [0, 0.1) is 13.8 Å². The van der Waals surface area contributed by atoms with Crippen molar-refractivity contribution in [1.82, 2.24) is 0 Å². The van der Waals surface area contributed by atoms with Gasteiger partial charge in [0, 0.05) is 6.42 Å². The van der Waals surface area contributed by atoms with Crippen molar-refractivity contribution in [2.24, 2.45) is 0 Å². The predicted octanol–water partition coefficient (Wildman–Crippen LogP) is 4.62. The Morgan fingerprint density at radius 3 is 2.30 bits per heavy atom. The minimum absolute atomic E-state index is 0.0596. The Hall–Kier alpha value is -1.97. The van der Waals surface area contributed by atoms with Crippen LogP contribution in [0.15, 0.2) is 36.4 Å². The summed E-state index contributed by atoms with van der Waals surface area (Å²) in [4.78, 5) is 0. The van der Waals surface area contributed by atoms with Gasteiger partial charge in [0.1, 0.15) is 5.75 Å². The minimum atomic E-state index is -4.38. The van der Waals surface area contributed by atoms with Crippen LogP contribution in [-0.4, -0.2) is 5.11 Å². The molecule has 4 heteroatoms. The van der Waals surface area contributed by atoms with Crippen LogP contribution in [0.3, 0.4) is 0 Å². The second kappa shape index (κ2) is 5.19. The second-order valence-corrected chi connectivity index (χ2v) is 4.92. The molecular weight excluding hydrogens is 265 g/mol. The zero-order chi connectivity index (χ0) is 14.9. The first-order chi connectivity index (χ1) is 9.29. The minimum Gasteiger partial charge on any atom is -0.507 e. The monoisotopic (exact) mass is 280 g/mol. The molecule has 0 aliphatic rings. The van der Waals surface area contributed by atoms with E-state index in [-0.39, 0.29) is 17.7 Å². The maximum absolute atomic E-state index is 12.9. The lowest BCUT2D eigenvalue weighted by atomic mass is 9.96. The lowest BCUT2D eigenvalue weighted by Gasteiger charge is -2.14. The zero-order valence-electron chi connectivity index (χ0n) is 11.3. The third-order valence-corrected chi connectivity index (χ3v) is 3.23. The van der Waals surface area contributed by atoms with E-state index in [2.05, 4.69) is 0 Å². The van der Waals surface area contributed by atoms with Crippen molar-refractivity contribution in [2.75, 3.05) is 0 Å². The first-order valence-corrected chi connectivity index (χ1v) is 6.23. The molecule has 1 nitrogen and oxygen atoms in total. The van der Waals surface area contributed by atoms with Gasteiger partial charge in [-0.1, -0.05) is 35.9 Å². The van der Waals surface area contributed by atoms with E-state index in [9.17, 15) is 18.3 Å². The predicted molar refractivity (Wildman–Crippen MR) is 71.8 cm³/mol. The lowest BCUT2D eigenvalue weighted by Crippen LogP contribution is -2.09. The average Bonchev–Trinajstić information content (AvgIpc) is 2.34. The molecule has 0 amide bonds. The van der Waals surface area contributed by atoms with Crippen molar-refractivity contribution in [2.45, 2.75) is 26.4 Å². The van der Waals surface area contributed by atoms with Gasteiger partial charge in [0.25, 0.3) is 0 Å². The maximum Gasteiger partial charge on any atom is 0.416 e. The molecule has 0 spiro atoms. The molecule has 2 aromatic carbocycles. The number of hydrogen-bond acceptors (Lipinski definition) is 1. The molecule has 0 atom stereocenters. The molecule has 20 heavy (non-hydrogen) atoms. The molecule has 106 valence electrons. The van der Waals surface area contributed by atoms with Crippen LogP contribution < -0.4 is 0 Å². The highest BCUT2D eigenvalue weighted by molar-refractivity contribution is 5.46. The number of aryl methyl sites for hydroxylation is 2. The van der Waals surface area contributed by atoms with Gasteiger partial charge in [0.05, 0.1) is 5.56 Å². The zero-order valence-corrected chi connectivity index (χ0v) is 11.3. The van der Waals surface area contributed by atoms with E-state index in [4.69, 9.17) is 0 Å². The molecule has 0 fully saturated rings. The number of halogens is 3. The summed E-state index contributed by atoms with van der Waals surface area (Å²) >= 11 is 0. The topological polar surface area (TPSA) is 20.2 Å². The molecule has 2 rings (SSSR count). The van der Waals surface area contributed by atoms with E-state index in [0.29, 0.717) is 11.1 Å². The first-order valence-electron chi connectivity index (χ1n) is 6.23. The smallest absolute Gasteiger partial charge is 0.416 e. The number of benzene rings is 2. The van der Waals surface area contributed by atoms with Crippen molar-refractivity contribution in [3.8, 4) is 5.75 Å². The summed E-state index contributed by atoms with van der Waals surface area (Å²) in [6, 6.07) is 8.97. The van der Waals surface area contributed by atoms with Crippen LogP contribution in [0.25, 0.3) is 0 Å². The summed E-state index contributed by atoms with van der Waals surface area (Å²) < 4.78 is 38.8. The fraction of sp³-hybridized carbons (Fsp3) is 0.250. The Bertz CT molecular complexity index is 630. The molecule has 1 N–H and O–H groups in total. The van der Waals surface area contributed by atoms with E-state index in [1.54, 1.807) is 25.1 Å². The summed E-state index contributed by atoms with van der Waals surface area (Å²) in [7, 11) is 0. The first kappa shape index (κ1) is 14.4. The quantitative estimate of drug-likeness (QED) is 0.851. The normalized spacial score (nSPS) is 11.7. The number of rotatable bonds is 2. The Balaban J connectivity index is 2.46. The molecular formula is C16H15F3O. The van der Waals surface area contributed by atoms with Crippen LogP contribution >= 0.6 is 0 Å². The molecule has 0 radical (unpaired) electrons. The Morgan fingerprint density at radius 1 is 1.00 bits per heavy atom. The van der Waals surface area contributed by atoms with Gasteiger partial charge < -0.3 is 5.11 Å². The van der Waals surface area contributed by atoms with Gasteiger partial charge in [-0.05, 0) is 36.6 Å². The van der Waals surface area contributed by atoms with Crippen molar-refractivity contribution in [3.05, 3.63) is 64.2 Å². The van der Waals surface area contributed by atoms with Crippen molar-refractivity contribution in [3.63, 3.8) is 0 Å². The highest BCUT2D eigenvalue weighted by Gasteiger charge is 2.32. The van der Waals surface area contributed by atoms with E-state index in [1.807, 2.05) is 6.92 Å². The third kappa shape index (κ3) is 2.95. The van der Waals surface area contributed by atoms with E-state index >= 15 is 0 Å². The van der Waals surface area contributed by atoms with E-state index < -0.39 is 11.7 Å². The van der Waals surface area contributed by atoms with Gasteiger partial charge in [0.2, 0.25) is 0 Å². The summed E-state index contributed by atoms with van der Waals surface area (Å²) in [5.74, 6) is 0.0626. The molecule has 0 unspecified atom stereocenters. The molecule has 0 bridgehead atoms. The van der Waals surface area contributed by atoms with Crippen molar-refractivity contribution < 1.29 is 18.3 Å². The van der Waals surface area contributed by atoms with Crippen LogP contribution in [0.1, 0.15) is 27.8 Å². The van der Waals surface area contributed by atoms with E-state index in [1.165, 1.54) is 12.1 Å². The Kier molecular flexibility index (Phi) is 3.75. The average molecular weight is 280 g/mol. The number of hydrogen-bond donors (Lipinski definition) is 1. The van der Waals surface area contributed by atoms with Gasteiger partial charge in [-0.15, -0.1) is 0 Å². The van der Waals surface area contributed by atoms with Crippen molar-refractivity contribution >= 4 is 0 Å². The summed E-state index contributed by atoms with van der Waals surface area (Å²) in [5, 5.41) is 10.00. The number of alkyl halides is 3. The van der Waals surface area contributed by atoms with Gasteiger partial charge in [-0.2, -0.15) is 13.2 Å². The fourth-order valence-corrected chi connectivity index (χ4v) is 2.34. The SMILES string of the molecule is Cc1cc(C)c(O)c(Cc2ccccc2C(F)(F)F)c1. The van der Waals surface area contributed by atoms with Crippen LogP contribution in [0.5, 0.6) is 5.75 Å².